The Morgan fingerprint density at radius 2 is 2.00 bits per heavy atom. The topological polar surface area (TPSA) is 75.5 Å². The van der Waals surface area contributed by atoms with Crippen molar-refractivity contribution in [1.29, 1.82) is 0 Å². The Morgan fingerprint density at radius 1 is 1.38 bits per heavy atom. The number of anilines is 1. The molecule has 1 N–H and O–H groups in total. The van der Waals surface area contributed by atoms with Crippen LogP contribution in [0.1, 0.15) is 39.3 Å². The molecule has 0 bridgehead atoms. The number of rotatable bonds is 4. The van der Waals surface area contributed by atoms with E-state index in [0.29, 0.717) is 37.8 Å². The van der Waals surface area contributed by atoms with E-state index in [1.54, 1.807) is 6.92 Å². The molecule has 116 valence electrons. The van der Waals surface area contributed by atoms with E-state index >= 15 is 0 Å². The van der Waals surface area contributed by atoms with Crippen molar-refractivity contribution in [3.8, 4) is 5.88 Å². The molecule has 0 radical (unpaired) electrons. The van der Waals surface area contributed by atoms with Gasteiger partial charge in [-0.2, -0.15) is 4.98 Å². The van der Waals surface area contributed by atoms with Crippen molar-refractivity contribution in [2.45, 2.75) is 46.6 Å². The summed E-state index contributed by atoms with van der Waals surface area (Å²) in [5.41, 5.74) is 0.208. The van der Waals surface area contributed by atoms with Crippen LogP contribution in [0.15, 0.2) is 6.07 Å². The second-order valence-corrected chi connectivity index (χ2v) is 6.17. The first kappa shape index (κ1) is 15.5. The Hall–Kier alpha value is -1.85. The number of carboxylic acid groups (broad SMARTS) is 1. The number of aryl methyl sites for hydroxylation is 1. The lowest BCUT2D eigenvalue weighted by atomic mass is 9.80. The lowest BCUT2D eigenvalue weighted by molar-refractivity contribution is -0.149. The zero-order valence-electron chi connectivity index (χ0n) is 13.1. The Labute approximate surface area is 125 Å². The molecule has 0 unspecified atom stereocenters. The summed E-state index contributed by atoms with van der Waals surface area (Å²) < 4.78 is 5.63. The van der Waals surface area contributed by atoms with Crippen LogP contribution in [0.25, 0.3) is 0 Å². The number of nitrogens with zero attached hydrogens (tertiary/aromatic N) is 3. The molecule has 1 aromatic heterocycles. The molecule has 21 heavy (non-hydrogen) atoms. The van der Waals surface area contributed by atoms with Crippen LogP contribution < -0.4 is 9.64 Å². The van der Waals surface area contributed by atoms with Gasteiger partial charge in [0.25, 0.3) is 0 Å². The van der Waals surface area contributed by atoms with Crippen molar-refractivity contribution in [2.24, 2.45) is 5.41 Å². The first-order valence-corrected chi connectivity index (χ1v) is 7.31. The van der Waals surface area contributed by atoms with Crippen molar-refractivity contribution >= 4 is 11.9 Å². The van der Waals surface area contributed by atoms with Gasteiger partial charge in [0.15, 0.2) is 0 Å². The summed E-state index contributed by atoms with van der Waals surface area (Å²) in [6.45, 7) is 8.91. The van der Waals surface area contributed by atoms with E-state index in [4.69, 9.17) is 4.74 Å². The minimum absolute atomic E-state index is 0.0591. The summed E-state index contributed by atoms with van der Waals surface area (Å²) in [7, 11) is 0. The van der Waals surface area contributed by atoms with Gasteiger partial charge in [-0.15, -0.1) is 0 Å². The number of aromatic nitrogens is 2. The Bertz CT molecular complexity index is 523. The third-order valence-electron chi connectivity index (χ3n) is 3.84. The molecule has 2 rings (SSSR count). The maximum atomic E-state index is 11.3. The zero-order valence-corrected chi connectivity index (χ0v) is 13.1. The summed E-state index contributed by atoms with van der Waals surface area (Å²) in [5.74, 6) is 0.466. The van der Waals surface area contributed by atoms with Gasteiger partial charge in [-0.1, -0.05) is 0 Å². The van der Waals surface area contributed by atoms with Gasteiger partial charge in [-0.05, 0) is 40.5 Å². The highest BCUT2D eigenvalue weighted by Gasteiger charge is 2.37. The highest BCUT2D eigenvalue weighted by atomic mass is 16.5. The van der Waals surface area contributed by atoms with Crippen LogP contribution in [0.4, 0.5) is 5.95 Å². The maximum Gasteiger partial charge on any atom is 0.309 e. The predicted octanol–water partition coefficient (Wildman–Crippen LogP) is 2.26. The molecule has 2 heterocycles. The fourth-order valence-electron chi connectivity index (χ4n) is 2.38. The quantitative estimate of drug-likeness (QED) is 0.917. The van der Waals surface area contributed by atoms with Gasteiger partial charge < -0.3 is 14.7 Å². The largest absolute Gasteiger partial charge is 0.481 e. The third-order valence-corrected chi connectivity index (χ3v) is 3.84. The van der Waals surface area contributed by atoms with Crippen LogP contribution in [-0.4, -0.2) is 40.2 Å². The number of ether oxygens (including phenoxy) is 1. The van der Waals surface area contributed by atoms with E-state index in [1.165, 1.54) is 0 Å². The van der Waals surface area contributed by atoms with E-state index in [9.17, 15) is 9.90 Å². The summed E-state index contributed by atoms with van der Waals surface area (Å²) in [6.07, 6.45) is 1.25. The summed E-state index contributed by atoms with van der Waals surface area (Å²) in [5, 5.41) is 9.27. The molecule has 0 atom stereocenters. The number of piperidine rings is 1. The van der Waals surface area contributed by atoms with E-state index in [-0.39, 0.29) is 6.10 Å². The summed E-state index contributed by atoms with van der Waals surface area (Å²) in [6, 6.07) is 1.81. The highest BCUT2D eigenvalue weighted by molar-refractivity contribution is 5.74. The van der Waals surface area contributed by atoms with Gasteiger partial charge >= 0.3 is 5.97 Å². The smallest absolute Gasteiger partial charge is 0.309 e. The average Bonchev–Trinajstić information content (AvgIpc) is 2.37. The molecule has 0 aromatic carbocycles. The number of carboxylic acids is 1. The Kier molecular flexibility index (Phi) is 4.34. The van der Waals surface area contributed by atoms with Gasteiger partial charge in [0, 0.05) is 24.8 Å². The van der Waals surface area contributed by atoms with Crippen molar-refractivity contribution < 1.29 is 14.6 Å². The van der Waals surface area contributed by atoms with Gasteiger partial charge in [0.1, 0.15) is 0 Å². The molecular weight excluding hydrogens is 270 g/mol. The van der Waals surface area contributed by atoms with Crippen LogP contribution >= 0.6 is 0 Å². The normalized spacial score (nSPS) is 17.9. The minimum atomic E-state index is -0.726. The van der Waals surface area contributed by atoms with Gasteiger partial charge in [-0.25, -0.2) is 4.98 Å². The maximum absolute atomic E-state index is 11.3. The van der Waals surface area contributed by atoms with Gasteiger partial charge in [0.2, 0.25) is 11.8 Å². The second-order valence-electron chi connectivity index (χ2n) is 6.17. The van der Waals surface area contributed by atoms with E-state index in [1.807, 2.05) is 31.7 Å². The van der Waals surface area contributed by atoms with Crippen molar-refractivity contribution in [2.75, 3.05) is 18.0 Å². The highest BCUT2D eigenvalue weighted by Crippen LogP contribution is 2.32. The molecule has 1 aromatic rings. The molecule has 1 saturated heterocycles. The van der Waals surface area contributed by atoms with Gasteiger partial charge in [-0.3, -0.25) is 4.79 Å². The number of hydrogen-bond acceptors (Lipinski definition) is 5. The molecule has 0 saturated carbocycles. The first-order chi connectivity index (χ1) is 9.80. The van der Waals surface area contributed by atoms with Crippen LogP contribution in [0, 0.1) is 12.3 Å². The van der Waals surface area contributed by atoms with Crippen LogP contribution in [0.5, 0.6) is 5.88 Å². The molecule has 0 spiro atoms. The predicted molar refractivity (Wildman–Crippen MR) is 79.7 cm³/mol. The fraction of sp³-hybridized carbons (Fsp3) is 0.667. The fourth-order valence-corrected chi connectivity index (χ4v) is 2.38. The second kappa shape index (κ2) is 5.87. The Morgan fingerprint density at radius 3 is 2.52 bits per heavy atom. The van der Waals surface area contributed by atoms with Crippen LogP contribution in [-0.2, 0) is 4.79 Å². The third kappa shape index (κ3) is 3.62. The number of aliphatic carboxylic acids is 1. The van der Waals surface area contributed by atoms with Crippen molar-refractivity contribution in [3.63, 3.8) is 0 Å². The SMILES string of the molecule is Cc1cc(OC(C)C)nc(N2CCC(C)(C(=O)O)CC2)n1. The van der Waals surface area contributed by atoms with Gasteiger partial charge in [0.05, 0.1) is 11.5 Å². The average molecular weight is 293 g/mol. The van der Waals surface area contributed by atoms with E-state index in [0.717, 1.165) is 5.69 Å². The molecule has 0 amide bonds. The lowest BCUT2D eigenvalue weighted by Crippen LogP contribution is -2.43. The lowest BCUT2D eigenvalue weighted by Gasteiger charge is -2.36. The van der Waals surface area contributed by atoms with Crippen molar-refractivity contribution in [3.05, 3.63) is 11.8 Å². The van der Waals surface area contributed by atoms with Crippen molar-refractivity contribution in [1.82, 2.24) is 9.97 Å². The molecular formula is C15H23N3O3. The standard InChI is InChI=1S/C15H23N3O3/c1-10(2)21-12-9-11(3)16-14(17-12)18-7-5-15(4,6-8-18)13(19)20/h9-10H,5-8H2,1-4H3,(H,19,20). The zero-order chi connectivity index (χ0) is 15.6. The molecule has 1 aliphatic rings. The molecule has 6 nitrogen and oxygen atoms in total. The van der Waals surface area contributed by atoms with Crippen LogP contribution in [0.2, 0.25) is 0 Å². The monoisotopic (exact) mass is 293 g/mol. The minimum Gasteiger partial charge on any atom is -0.481 e. The molecule has 0 aliphatic carbocycles. The van der Waals surface area contributed by atoms with Crippen LogP contribution in [0.3, 0.4) is 0 Å². The Balaban J connectivity index is 2.13. The molecule has 1 fully saturated rings. The van der Waals surface area contributed by atoms with E-state index in [2.05, 4.69) is 9.97 Å². The number of hydrogen-bond donors (Lipinski definition) is 1. The summed E-state index contributed by atoms with van der Waals surface area (Å²) in [4.78, 5) is 22.2. The molecule has 1 aliphatic heterocycles. The number of carbonyl (C=O) groups is 1. The van der Waals surface area contributed by atoms with E-state index < -0.39 is 11.4 Å². The first-order valence-electron chi connectivity index (χ1n) is 7.31. The molecule has 6 heteroatoms. The summed E-state index contributed by atoms with van der Waals surface area (Å²) >= 11 is 0.